The van der Waals surface area contributed by atoms with Crippen LogP contribution in [0.25, 0.3) is 0 Å². The Morgan fingerprint density at radius 2 is 1.43 bits per heavy atom. The Morgan fingerprint density at radius 1 is 0.900 bits per heavy atom. The van der Waals surface area contributed by atoms with Crippen LogP contribution in [0.5, 0.6) is 0 Å². The minimum atomic E-state index is -3.73. The second-order valence-electron chi connectivity index (χ2n) is 7.26. The number of primary sulfonamides is 1. The maximum atomic E-state index is 12.3. The minimum Gasteiger partial charge on any atom is -0.326 e. The van der Waals surface area contributed by atoms with Gasteiger partial charge in [-0.2, -0.15) is 0 Å². The third-order valence-corrected chi connectivity index (χ3v) is 6.48. The number of carbonyl (C=O) groups excluding carboxylic acids is 1. The molecular formula is C23H24N2O3S2. The summed E-state index contributed by atoms with van der Waals surface area (Å²) in [5.74, 6) is 0.335. The molecule has 0 unspecified atom stereocenters. The Hall–Kier alpha value is -2.61. The number of rotatable bonds is 7. The number of amides is 1. The standard InChI is InChI=1S/C23H24N2O3S2/c1-16(2)18-5-9-20(10-6-18)29-21-11-7-19(8-12-21)25-23(26)15-17-3-13-22(14-4-17)30(24,27)28/h3-14,16H,15H2,1-2H3,(H,25,26)(H2,24,27,28). The van der Waals surface area contributed by atoms with Gasteiger partial charge in [0.05, 0.1) is 11.3 Å². The molecule has 0 spiro atoms. The highest BCUT2D eigenvalue weighted by atomic mass is 32.2. The third-order valence-electron chi connectivity index (χ3n) is 4.54. The average Bonchev–Trinajstić information content (AvgIpc) is 2.69. The SMILES string of the molecule is CC(C)c1ccc(Sc2ccc(NC(=O)Cc3ccc(S(N)(=O)=O)cc3)cc2)cc1. The Balaban J connectivity index is 1.56. The van der Waals surface area contributed by atoms with E-state index in [1.165, 1.54) is 22.6 Å². The van der Waals surface area contributed by atoms with E-state index in [0.29, 0.717) is 17.2 Å². The van der Waals surface area contributed by atoms with Crippen molar-refractivity contribution in [1.82, 2.24) is 0 Å². The van der Waals surface area contributed by atoms with Crippen molar-refractivity contribution in [3.8, 4) is 0 Å². The van der Waals surface area contributed by atoms with Crippen LogP contribution in [0.2, 0.25) is 0 Å². The van der Waals surface area contributed by atoms with Gasteiger partial charge in [-0.05, 0) is 65.6 Å². The molecule has 0 aliphatic rings. The van der Waals surface area contributed by atoms with Crippen LogP contribution in [-0.4, -0.2) is 14.3 Å². The van der Waals surface area contributed by atoms with Gasteiger partial charge in [-0.25, -0.2) is 13.6 Å². The molecule has 0 aliphatic carbocycles. The normalized spacial score (nSPS) is 11.5. The summed E-state index contributed by atoms with van der Waals surface area (Å²) in [6.07, 6.45) is 0.142. The molecule has 0 radical (unpaired) electrons. The molecule has 3 N–H and O–H groups in total. The zero-order chi connectivity index (χ0) is 21.7. The predicted octanol–water partition coefficient (Wildman–Crippen LogP) is 4.79. The van der Waals surface area contributed by atoms with E-state index >= 15 is 0 Å². The zero-order valence-corrected chi connectivity index (χ0v) is 18.5. The first-order valence-corrected chi connectivity index (χ1v) is 11.9. The van der Waals surface area contributed by atoms with Crippen LogP contribution in [0, 0.1) is 0 Å². The van der Waals surface area contributed by atoms with Gasteiger partial charge in [0.2, 0.25) is 15.9 Å². The lowest BCUT2D eigenvalue weighted by Gasteiger charge is -2.08. The second kappa shape index (κ2) is 9.47. The number of hydrogen-bond donors (Lipinski definition) is 2. The minimum absolute atomic E-state index is 0.0265. The lowest BCUT2D eigenvalue weighted by Crippen LogP contribution is -2.15. The summed E-state index contributed by atoms with van der Waals surface area (Å²) in [5.41, 5.74) is 2.73. The number of hydrogen-bond acceptors (Lipinski definition) is 4. The fourth-order valence-corrected chi connectivity index (χ4v) is 4.18. The van der Waals surface area contributed by atoms with E-state index in [1.54, 1.807) is 23.9 Å². The molecule has 0 atom stereocenters. The number of sulfonamides is 1. The van der Waals surface area contributed by atoms with Gasteiger partial charge >= 0.3 is 0 Å². The van der Waals surface area contributed by atoms with E-state index in [1.807, 2.05) is 24.3 Å². The molecular weight excluding hydrogens is 416 g/mol. The lowest BCUT2D eigenvalue weighted by molar-refractivity contribution is -0.115. The van der Waals surface area contributed by atoms with E-state index in [9.17, 15) is 13.2 Å². The van der Waals surface area contributed by atoms with Gasteiger partial charge in [0.1, 0.15) is 0 Å². The molecule has 3 rings (SSSR count). The van der Waals surface area contributed by atoms with Crippen molar-refractivity contribution in [3.05, 3.63) is 83.9 Å². The first kappa shape index (κ1) is 22.1. The quantitative estimate of drug-likeness (QED) is 0.553. The maximum Gasteiger partial charge on any atom is 0.238 e. The van der Waals surface area contributed by atoms with Gasteiger partial charge in [-0.3, -0.25) is 4.79 Å². The smallest absolute Gasteiger partial charge is 0.238 e. The molecule has 0 heterocycles. The summed E-state index contributed by atoms with van der Waals surface area (Å²) in [7, 11) is -3.73. The van der Waals surface area contributed by atoms with E-state index in [2.05, 4.69) is 43.4 Å². The van der Waals surface area contributed by atoms with Crippen LogP contribution in [-0.2, 0) is 21.2 Å². The summed E-state index contributed by atoms with van der Waals surface area (Å²) in [6, 6.07) is 22.2. The third kappa shape index (κ3) is 6.19. The van der Waals surface area contributed by atoms with E-state index in [4.69, 9.17) is 5.14 Å². The molecule has 0 saturated carbocycles. The summed E-state index contributed by atoms with van der Waals surface area (Å²) >= 11 is 1.67. The maximum absolute atomic E-state index is 12.3. The van der Waals surface area contributed by atoms with Crippen LogP contribution in [0.4, 0.5) is 5.69 Å². The average molecular weight is 441 g/mol. The number of benzene rings is 3. The largest absolute Gasteiger partial charge is 0.326 e. The predicted molar refractivity (Wildman–Crippen MR) is 121 cm³/mol. The van der Waals surface area contributed by atoms with Crippen LogP contribution in [0.3, 0.4) is 0 Å². The Bertz CT molecular complexity index is 1110. The number of anilines is 1. The van der Waals surface area contributed by atoms with Crippen LogP contribution in [0.1, 0.15) is 30.9 Å². The molecule has 30 heavy (non-hydrogen) atoms. The summed E-state index contributed by atoms with van der Waals surface area (Å²) in [6.45, 7) is 4.35. The van der Waals surface area contributed by atoms with Gasteiger partial charge in [0.15, 0.2) is 0 Å². The first-order chi connectivity index (χ1) is 14.2. The molecule has 7 heteroatoms. The highest BCUT2D eigenvalue weighted by Crippen LogP contribution is 2.29. The van der Waals surface area contributed by atoms with E-state index in [0.717, 1.165) is 4.90 Å². The molecule has 3 aromatic carbocycles. The van der Waals surface area contributed by atoms with E-state index < -0.39 is 10.0 Å². The number of carbonyl (C=O) groups is 1. The molecule has 0 aromatic heterocycles. The highest BCUT2D eigenvalue weighted by Gasteiger charge is 2.09. The van der Waals surface area contributed by atoms with Gasteiger partial charge in [0, 0.05) is 15.5 Å². The van der Waals surface area contributed by atoms with Gasteiger partial charge in [-0.15, -0.1) is 0 Å². The molecule has 156 valence electrons. The first-order valence-electron chi connectivity index (χ1n) is 9.50. The summed E-state index contributed by atoms with van der Waals surface area (Å²) < 4.78 is 22.6. The monoisotopic (exact) mass is 440 g/mol. The second-order valence-corrected chi connectivity index (χ2v) is 9.97. The summed E-state index contributed by atoms with van der Waals surface area (Å²) in [4.78, 5) is 14.5. The van der Waals surface area contributed by atoms with Crippen molar-refractivity contribution in [1.29, 1.82) is 0 Å². The lowest BCUT2D eigenvalue weighted by atomic mass is 10.0. The number of nitrogens with two attached hydrogens (primary N) is 1. The molecule has 0 saturated heterocycles. The van der Waals surface area contributed by atoms with Crippen molar-refractivity contribution >= 4 is 33.4 Å². The molecule has 5 nitrogen and oxygen atoms in total. The Labute approximate surface area is 181 Å². The fourth-order valence-electron chi connectivity index (χ4n) is 2.85. The van der Waals surface area contributed by atoms with E-state index in [-0.39, 0.29) is 17.2 Å². The summed E-state index contributed by atoms with van der Waals surface area (Å²) in [5, 5.41) is 7.94. The number of nitrogens with one attached hydrogen (secondary N) is 1. The molecule has 1 amide bonds. The molecule has 0 fully saturated rings. The van der Waals surface area contributed by atoms with Crippen molar-refractivity contribution in [2.24, 2.45) is 5.14 Å². The highest BCUT2D eigenvalue weighted by molar-refractivity contribution is 7.99. The molecule has 3 aromatic rings. The Kier molecular flexibility index (Phi) is 6.97. The van der Waals surface area contributed by atoms with Crippen LogP contribution >= 0.6 is 11.8 Å². The zero-order valence-electron chi connectivity index (χ0n) is 16.8. The van der Waals surface area contributed by atoms with Crippen molar-refractivity contribution in [2.45, 2.75) is 40.9 Å². The Morgan fingerprint density at radius 3 is 1.93 bits per heavy atom. The van der Waals surface area contributed by atoms with Crippen LogP contribution < -0.4 is 10.5 Å². The van der Waals surface area contributed by atoms with Gasteiger partial charge < -0.3 is 5.32 Å². The van der Waals surface area contributed by atoms with Crippen molar-refractivity contribution < 1.29 is 13.2 Å². The van der Waals surface area contributed by atoms with Crippen molar-refractivity contribution in [2.75, 3.05) is 5.32 Å². The molecule has 0 bridgehead atoms. The van der Waals surface area contributed by atoms with Crippen LogP contribution in [0.15, 0.2) is 87.5 Å². The van der Waals surface area contributed by atoms with Gasteiger partial charge in [0.25, 0.3) is 0 Å². The molecule has 0 aliphatic heterocycles. The van der Waals surface area contributed by atoms with Gasteiger partial charge in [-0.1, -0.05) is 49.9 Å². The topological polar surface area (TPSA) is 89.3 Å². The van der Waals surface area contributed by atoms with Crippen molar-refractivity contribution in [3.63, 3.8) is 0 Å². The fraction of sp³-hybridized carbons (Fsp3) is 0.174.